The lowest BCUT2D eigenvalue weighted by Gasteiger charge is -2.21. The number of fused-ring (bicyclic) bond motifs is 2. The number of hydrogen-bond acceptors (Lipinski definition) is 7. The van der Waals surface area contributed by atoms with Gasteiger partial charge >= 0.3 is 0 Å². The lowest BCUT2D eigenvalue weighted by atomic mass is 9.94. The average molecular weight is 553 g/mol. The highest BCUT2D eigenvalue weighted by molar-refractivity contribution is 7.13. The standard InChI is InChI=1S/C29H25FN8OS/c30-25-4-3-24(40-25)27-19-13-23(35-21(19)7-10-33-27)29-28-22(37-38-29)2-1-20(36-28)17-12-18(15-32-14-17)34-26(39)11-16-5-8-31-9-6-16/h1-4,7,10,12-16,31,35H,5-6,8-9,11H2,(H,34,39)(H,37,38). The van der Waals surface area contributed by atoms with E-state index < -0.39 is 0 Å². The van der Waals surface area contributed by atoms with Gasteiger partial charge in [-0.25, -0.2) is 4.98 Å². The molecule has 7 rings (SSSR count). The quantitative estimate of drug-likeness (QED) is 0.208. The number of halogens is 1. The summed E-state index contributed by atoms with van der Waals surface area (Å²) in [7, 11) is 0. The van der Waals surface area contributed by atoms with Gasteiger partial charge in [-0.15, -0.1) is 11.3 Å². The second-order valence-corrected chi connectivity index (χ2v) is 11.0. The van der Waals surface area contributed by atoms with Gasteiger partial charge < -0.3 is 15.6 Å². The smallest absolute Gasteiger partial charge is 0.224 e. The summed E-state index contributed by atoms with van der Waals surface area (Å²) in [5.41, 5.74) is 6.65. The van der Waals surface area contributed by atoms with Crippen LogP contribution in [0.1, 0.15) is 19.3 Å². The van der Waals surface area contributed by atoms with Gasteiger partial charge in [0, 0.05) is 35.3 Å². The largest absolute Gasteiger partial charge is 0.353 e. The Bertz CT molecular complexity index is 1850. The highest BCUT2D eigenvalue weighted by Crippen LogP contribution is 2.35. The van der Waals surface area contributed by atoms with Crippen molar-refractivity contribution in [3.05, 3.63) is 66.2 Å². The Hall–Kier alpha value is -4.48. The predicted molar refractivity (Wildman–Crippen MR) is 154 cm³/mol. The zero-order chi connectivity index (χ0) is 27.1. The molecule has 9 nitrogen and oxygen atoms in total. The van der Waals surface area contributed by atoms with Gasteiger partial charge in [-0.2, -0.15) is 9.49 Å². The van der Waals surface area contributed by atoms with E-state index in [1.807, 2.05) is 30.3 Å². The molecular formula is C29H25FN8OS. The van der Waals surface area contributed by atoms with E-state index in [4.69, 9.17) is 4.98 Å². The molecule has 0 aromatic carbocycles. The van der Waals surface area contributed by atoms with Crippen molar-refractivity contribution in [3.8, 4) is 33.2 Å². The fraction of sp³-hybridized carbons (Fsp3) is 0.207. The molecule has 0 unspecified atom stereocenters. The van der Waals surface area contributed by atoms with Crippen molar-refractivity contribution in [2.45, 2.75) is 19.3 Å². The zero-order valence-electron chi connectivity index (χ0n) is 21.4. The number of amides is 1. The van der Waals surface area contributed by atoms with Crippen LogP contribution in [0, 0.1) is 11.0 Å². The molecular weight excluding hydrogens is 527 g/mol. The molecule has 0 saturated carbocycles. The number of piperidine rings is 1. The Kier molecular flexibility index (Phi) is 6.29. The minimum Gasteiger partial charge on any atom is -0.353 e. The SMILES string of the molecule is O=C(CC1CCNCC1)Nc1cncc(-c2ccc3[nH]nc(-c4cc5c(-c6ccc(F)s6)nccc5[nH]4)c3n2)c1. The summed E-state index contributed by atoms with van der Waals surface area (Å²) < 4.78 is 13.7. The van der Waals surface area contributed by atoms with Crippen LogP contribution in [0.2, 0.25) is 0 Å². The highest BCUT2D eigenvalue weighted by Gasteiger charge is 2.19. The molecule has 0 aliphatic carbocycles. The average Bonchev–Trinajstić information content (AvgIpc) is 3.71. The molecule has 1 aliphatic rings. The van der Waals surface area contributed by atoms with Crippen molar-refractivity contribution in [1.29, 1.82) is 0 Å². The summed E-state index contributed by atoms with van der Waals surface area (Å²) in [5, 5.41) is 14.6. The summed E-state index contributed by atoms with van der Waals surface area (Å²) in [6.45, 7) is 1.93. The highest BCUT2D eigenvalue weighted by atomic mass is 32.1. The van der Waals surface area contributed by atoms with Gasteiger partial charge in [0.1, 0.15) is 11.2 Å². The molecule has 0 spiro atoms. The molecule has 0 bridgehead atoms. The van der Waals surface area contributed by atoms with Crippen molar-refractivity contribution < 1.29 is 9.18 Å². The number of hydrogen-bond donors (Lipinski definition) is 4. The Morgan fingerprint density at radius 3 is 2.80 bits per heavy atom. The second kappa shape index (κ2) is 10.2. The number of aromatic amines is 2. The lowest BCUT2D eigenvalue weighted by molar-refractivity contribution is -0.117. The van der Waals surface area contributed by atoms with Crippen LogP contribution in [0.5, 0.6) is 0 Å². The van der Waals surface area contributed by atoms with Gasteiger partial charge in [0.15, 0.2) is 5.13 Å². The van der Waals surface area contributed by atoms with Gasteiger partial charge in [0.05, 0.1) is 39.4 Å². The van der Waals surface area contributed by atoms with E-state index in [-0.39, 0.29) is 11.0 Å². The molecule has 6 aromatic heterocycles. The van der Waals surface area contributed by atoms with E-state index in [9.17, 15) is 9.18 Å². The normalized spacial score (nSPS) is 14.2. The molecule has 1 aliphatic heterocycles. The first-order chi connectivity index (χ1) is 19.6. The van der Waals surface area contributed by atoms with E-state index in [0.29, 0.717) is 40.6 Å². The van der Waals surface area contributed by atoms with E-state index >= 15 is 0 Å². The summed E-state index contributed by atoms with van der Waals surface area (Å²) in [6, 6.07) is 12.8. The monoisotopic (exact) mass is 552 g/mol. The van der Waals surface area contributed by atoms with Gasteiger partial charge in [-0.3, -0.25) is 19.9 Å². The van der Waals surface area contributed by atoms with Crippen molar-refractivity contribution in [2.24, 2.45) is 5.92 Å². The fourth-order valence-electron chi connectivity index (χ4n) is 5.28. The van der Waals surface area contributed by atoms with E-state index in [2.05, 4.69) is 35.8 Å². The third kappa shape index (κ3) is 4.74. The topological polar surface area (TPSA) is 124 Å². The van der Waals surface area contributed by atoms with Crippen LogP contribution < -0.4 is 10.6 Å². The van der Waals surface area contributed by atoms with Crippen LogP contribution in [-0.4, -0.2) is 49.1 Å². The Labute approximate surface area is 232 Å². The molecule has 0 atom stereocenters. The van der Waals surface area contributed by atoms with Crippen LogP contribution in [-0.2, 0) is 4.79 Å². The van der Waals surface area contributed by atoms with Gasteiger partial charge in [-0.05, 0) is 74.3 Å². The molecule has 40 heavy (non-hydrogen) atoms. The third-order valence-corrected chi connectivity index (χ3v) is 8.15. The number of nitrogens with zero attached hydrogens (tertiary/aromatic N) is 4. The van der Waals surface area contributed by atoms with Crippen LogP contribution in [0.4, 0.5) is 10.1 Å². The maximum absolute atomic E-state index is 13.7. The number of nitrogens with one attached hydrogen (secondary N) is 4. The minimum absolute atomic E-state index is 0.00402. The molecule has 1 saturated heterocycles. The Balaban J connectivity index is 1.19. The second-order valence-electron chi connectivity index (χ2n) is 9.98. The number of carbonyl (C=O) groups is 1. The van der Waals surface area contributed by atoms with Gasteiger partial charge in [0.2, 0.25) is 5.91 Å². The summed E-state index contributed by atoms with van der Waals surface area (Å²) in [4.78, 5) is 30.6. The first kappa shape index (κ1) is 24.6. The van der Waals surface area contributed by atoms with Crippen LogP contribution in [0.3, 0.4) is 0 Å². The molecule has 7 heterocycles. The van der Waals surface area contributed by atoms with Gasteiger partial charge in [0.25, 0.3) is 0 Å². The number of anilines is 1. The first-order valence-electron chi connectivity index (χ1n) is 13.2. The number of thiophene rings is 1. The molecule has 1 fully saturated rings. The number of carbonyl (C=O) groups excluding carboxylic acids is 1. The van der Waals surface area contributed by atoms with E-state index in [0.717, 1.165) is 69.8 Å². The number of H-pyrrole nitrogens is 2. The Morgan fingerprint density at radius 2 is 1.95 bits per heavy atom. The summed E-state index contributed by atoms with van der Waals surface area (Å²) in [6.07, 6.45) is 7.64. The minimum atomic E-state index is -0.250. The Morgan fingerprint density at radius 1 is 1.05 bits per heavy atom. The third-order valence-electron chi connectivity index (χ3n) is 7.27. The van der Waals surface area contributed by atoms with Crippen molar-refractivity contribution in [1.82, 2.24) is 35.5 Å². The van der Waals surface area contributed by atoms with E-state index in [1.54, 1.807) is 24.7 Å². The maximum Gasteiger partial charge on any atom is 0.224 e. The number of rotatable bonds is 6. The molecule has 200 valence electrons. The van der Waals surface area contributed by atoms with Crippen molar-refractivity contribution in [3.63, 3.8) is 0 Å². The lowest BCUT2D eigenvalue weighted by Crippen LogP contribution is -2.30. The molecule has 6 aromatic rings. The molecule has 1 amide bonds. The van der Waals surface area contributed by atoms with E-state index in [1.165, 1.54) is 6.07 Å². The van der Waals surface area contributed by atoms with Crippen LogP contribution in [0.25, 0.3) is 55.2 Å². The summed E-state index contributed by atoms with van der Waals surface area (Å²) >= 11 is 1.07. The first-order valence-corrected chi connectivity index (χ1v) is 14.0. The number of aromatic nitrogens is 6. The fourth-order valence-corrected chi connectivity index (χ4v) is 6.02. The van der Waals surface area contributed by atoms with Crippen molar-refractivity contribution >= 4 is 44.9 Å². The van der Waals surface area contributed by atoms with Crippen molar-refractivity contribution in [2.75, 3.05) is 18.4 Å². The number of pyridine rings is 3. The molecule has 0 radical (unpaired) electrons. The van der Waals surface area contributed by atoms with Crippen LogP contribution in [0.15, 0.2) is 61.1 Å². The van der Waals surface area contributed by atoms with Gasteiger partial charge in [-0.1, -0.05) is 0 Å². The molecule has 11 heteroatoms. The predicted octanol–water partition coefficient (Wildman–Crippen LogP) is 5.76. The van der Waals surface area contributed by atoms with Crippen LogP contribution >= 0.6 is 11.3 Å². The maximum atomic E-state index is 13.7. The summed E-state index contributed by atoms with van der Waals surface area (Å²) in [5.74, 6) is 0.410. The molecule has 4 N–H and O–H groups in total. The zero-order valence-corrected chi connectivity index (χ0v) is 22.2.